The molecule has 0 radical (unpaired) electrons. The number of halogens is 1. The summed E-state index contributed by atoms with van der Waals surface area (Å²) in [6.07, 6.45) is 0.249. The highest BCUT2D eigenvalue weighted by atomic mass is 19.1. The van der Waals surface area contributed by atoms with E-state index in [-0.39, 0.29) is 36.0 Å². The lowest BCUT2D eigenvalue weighted by Gasteiger charge is -2.27. The molecule has 1 aliphatic rings. The quantitative estimate of drug-likeness (QED) is 0.899. The predicted molar refractivity (Wildman–Crippen MR) is 68.7 cm³/mol. The van der Waals surface area contributed by atoms with Gasteiger partial charge in [-0.05, 0) is 24.6 Å². The van der Waals surface area contributed by atoms with Crippen molar-refractivity contribution >= 4 is 11.8 Å². The number of benzene rings is 1. The van der Waals surface area contributed by atoms with E-state index in [4.69, 9.17) is 0 Å². The van der Waals surface area contributed by atoms with Gasteiger partial charge < -0.3 is 10.2 Å². The van der Waals surface area contributed by atoms with Crippen LogP contribution in [0.5, 0.6) is 0 Å². The third-order valence-corrected chi connectivity index (χ3v) is 3.61. The standard InChI is InChI=1S/C14H17FN2O2/c1-9(10-3-5-12(15)6-4-10)17(2)14(19)11-7-13(18)16-8-11/h3-6,9,11H,7-8H2,1-2H3,(H,16,18). The maximum Gasteiger partial charge on any atom is 0.228 e. The van der Waals surface area contributed by atoms with E-state index in [0.717, 1.165) is 5.56 Å². The summed E-state index contributed by atoms with van der Waals surface area (Å²) in [5, 5.41) is 2.66. The largest absolute Gasteiger partial charge is 0.355 e. The van der Waals surface area contributed by atoms with Gasteiger partial charge in [0.15, 0.2) is 0 Å². The van der Waals surface area contributed by atoms with Crippen LogP contribution in [0, 0.1) is 11.7 Å². The van der Waals surface area contributed by atoms with Gasteiger partial charge in [-0.25, -0.2) is 4.39 Å². The second-order valence-electron chi connectivity index (χ2n) is 4.88. The molecule has 1 heterocycles. The van der Waals surface area contributed by atoms with Crippen molar-refractivity contribution in [3.63, 3.8) is 0 Å². The smallest absolute Gasteiger partial charge is 0.228 e. The van der Waals surface area contributed by atoms with Crippen LogP contribution in [0.25, 0.3) is 0 Å². The average Bonchev–Trinajstić information content (AvgIpc) is 2.84. The molecular formula is C14H17FN2O2. The number of carbonyl (C=O) groups is 2. The molecule has 2 rings (SSSR count). The lowest BCUT2D eigenvalue weighted by atomic mass is 10.0. The fourth-order valence-electron chi connectivity index (χ4n) is 2.22. The van der Waals surface area contributed by atoms with Crippen molar-refractivity contribution in [3.05, 3.63) is 35.6 Å². The third kappa shape index (κ3) is 2.92. The zero-order chi connectivity index (χ0) is 14.0. The monoisotopic (exact) mass is 264 g/mol. The topological polar surface area (TPSA) is 49.4 Å². The number of nitrogens with one attached hydrogen (secondary N) is 1. The molecule has 1 saturated heterocycles. The summed E-state index contributed by atoms with van der Waals surface area (Å²) in [5.74, 6) is -0.729. The van der Waals surface area contributed by atoms with Gasteiger partial charge in [-0.3, -0.25) is 9.59 Å². The van der Waals surface area contributed by atoms with Gasteiger partial charge in [0.1, 0.15) is 5.82 Å². The van der Waals surface area contributed by atoms with Crippen molar-refractivity contribution in [3.8, 4) is 0 Å². The molecule has 0 spiro atoms. The maximum absolute atomic E-state index is 12.9. The van der Waals surface area contributed by atoms with Crippen molar-refractivity contribution in [1.82, 2.24) is 10.2 Å². The molecule has 4 nitrogen and oxygen atoms in total. The first-order chi connectivity index (χ1) is 8.99. The molecule has 0 aromatic heterocycles. The molecule has 2 unspecified atom stereocenters. The van der Waals surface area contributed by atoms with Crippen molar-refractivity contribution < 1.29 is 14.0 Å². The Kier molecular flexibility index (Phi) is 3.83. The van der Waals surface area contributed by atoms with Crippen LogP contribution in [-0.2, 0) is 9.59 Å². The first-order valence-electron chi connectivity index (χ1n) is 6.28. The summed E-state index contributed by atoms with van der Waals surface area (Å²) < 4.78 is 12.9. The van der Waals surface area contributed by atoms with Gasteiger partial charge >= 0.3 is 0 Å². The minimum Gasteiger partial charge on any atom is -0.355 e. The van der Waals surface area contributed by atoms with Crippen LogP contribution in [0.2, 0.25) is 0 Å². The van der Waals surface area contributed by atoms with E-state index in [0.29, 0.717) is 6.54 Å². The number of amides is 2. The van der Waals surface area contributed by atoms with E-state index >= 15 is 0 Å². The summed E-state index contributed by atoms with van der Waals surface area (Å²) in [6, 6.07) is 5.95. The highest BCUT2D eigenvalue weighted by Gasteiger charge is 2.31. The molecule has 5 heteroatoms. The summed E-state index contributed by atoms with van der Waals surface area (Å²) in [5.41, 5.74) is 0.870. The van der Waals surface area contributed by atoms with Gasteiger partial charge in [0, 0.05) is 20.0 Å². The summed E-state index contributed by atoms with van der Waals surface area (Å²) in [6.45, 7) is 2.29. The van der Waals surface area contributed by atoms with Gasteiger partial charge in [0.25, 0.3) is 0 Å². The Morgan fingerprint density at radius 3 is 2.58 bits per heavy atom. The Hall–Kier alpha value is -1.91. The second kappa shape index (κ2) is 5.38. The van der Waals surface area contributed by atoms with E-state index < -0.39 is 0 Å². The normalized spacial score (nSPS) is 19.9. The summed E-state index contributed by atoms with van der Waals surface area (Å²) in [7, 11) is 1.71. The molecular weight excluding hydrogens is 247 g/mol. The summed E-state index contributed by atoms with van der Waals surface area (Å²) in [4.78, 5) is 25.0. The molecule has 1 fully saturated rings. The zero-order valence-electron chi connectivity index (χ0n) is 11.0. The van der Waals surface area contributed by atoms with Gasteiger partial charge in [-0.2, -0.15) is 0 Å². The van der Waals surface area contributed by atoms with Crippen molar-refractivity contribution in [2.75, 3.05) is 13.6 Å². The molecule has 1 N–H and O–H groups in total. The SMILES string of the molecule is CC(c1ccc(F)cc1)N(C)C(=O)C1CNC(=O)C1. The van der Waals surface area contributed by atoms with Crippen LogP contribution >= 0.6 is 0 Å². The van der Waals surface area contributed by atoms with Gasteiger partial charge in [-0.15, -0.1) is 0 Å². The Balaban J connectivity index is 2.06. The van der Waals surface area contributed by atoms with Gasteiger partial charge in [0.05, 0.1) is 12.0 Å². The molecule has 1 aromatic carbocycles. The first-order valence-corrected chi connectivity index (χ1v) is 6.28. The molecule has 0 aliphatic carbocycles. The Bertz CT molecular complexity index is 487. The molecule has 102 valence electrons. The van der Waals surface area contributed by atoms with E-state index in [1.807, 2.05) is 6.92 Å². The Morgan fingerprint density at radius 2 is 2.05 bits per heavy atom. The van der Waals surface area contributed by atoms with Gasteiger partial charge in [-0.1, -0.05) is 12.1 Å². The predicted octanol–water partition coefficient (Wildman–Crippen LogP) is 1.48. The van der Waals surface area contributed by atoms with E-state index in [2.05, 4.69) is 5.32 Å². The fraction of sp³-hybridized carbons (Fsp3) is 0.429. The number of nitrogens with zero attached hydrogens (tertiary/aromatic N) is 1. The Morgan fingerprint density at radius 1 is 1.42 bits per heavy atom. The van der Waals surface area contributed by atoms with Crippen LogP contribution in [0.1, 0.15) is 24.9 Å². The van der Waals surface area contributed by atoms with Crippen LogP contribution in [0.4, 0.5) is 4.39 Å². The zero-order valence-corrected chi connectivity index (χ0v) is 11.0. The van der Waals surface area contributed by atoms with Crippen LogP contribution in [-0.4, -0.2) is 30.3 Å². The van der Waals surface area contributed by atoms with Crippen LogP contribution < -0.4 is 5.32 Å². The lowest BCUT2D eigenvalue weighted by molar-refractivity contribution is -0.136. The number of rotatable bonds is 3. The van der Waals surface area contributed by atoms with Crippen molar-refractivity contribution in [1.29, 1.82) is 0 Å². The first kappa shape index (κ1) is 13.5. The Labute approximate surface area is 111 Å². The number of hydrogen-bond donors (Lipinski definition) is 1. The minimum absolute atomic E-state index is 0.0600. The van der Waals surface area contributed by atoms with E-state index in [1.165, 1.54) is 12.1 Å². The van der Waals surface area contributed by atoms with Crippen LogP contribution in [0.3, 0.4) is 0 Å². The molecule has 0 saturated carbocycles. The third-order valence-electron chi connectivity index (χ3n) is 3.61. The van der Waals surface area contributed by atoms with E-state index in [1.54, 1.807) is 24.1 Å². The fourth-order valence-corrected chi connectivity index (χ4v) is 2.22. The number of carbonyl (C=O) groups excluding carboxylic acids is 2. The second-order valence-corrected chi connectivity index (χ2v) is 4.88. The highest BCUT2D eigenvalue weighted by molar-refractivity contribution is 5.89. The van der Waals surface area contributed by atoms with Crippen molar-refractivity contribution in [2.24, 2.45) is 5.92 Å². The van der Waals surface area contributed by atoms with E-state index in [9.17, 15) is 14.0 Å². The van der Waals surface area contributed by atoms with Gasteiger partial charge in [0.2, 0.25) is 11.8 Å². The molecule has 19 heavy (non-hydrogen) atoms. The molecule has 0 bridgehead atoms. The maximum atomic E-state index is 12.9. The molecule has 1 aromatic rings. The van der Waals surface area contributed by atoms with Crippen LogP contribution in [0.15, 0.2) is 24.3 Å². The lowest BCUT2D eigenvalue weighted by Crippen LogP contribution is -2.35. The molecule has 2 amide bonds. The van der Waals surface area contributed by atoms with Crippen molar-refractivity contribution in [2.45, 2.75) is 19.4 Å². The number of hydrogen-bond acceptors (Lipinski definition) is 2. The average molecular weight is 264 g/mol. The molecule has 1 aliphatic heterocycles. The minimum atomic E-state index is -0.296. The summed E-state index contributed by atoms with van der Waals surface area (Å²) >= 11 is 0. The molecule has 2 atom stereocenters. The highest BCUT2D eigenvalue weighted by Crippen LogP contribution is 2.22.